The summed E-state index contributed by atoms with van der Waals surface area (Å²) >= 11 is 0. The van der Waals surface area contributed by atoms with E-state index in [1.165, 1.54) is 12.1 Å². The second kappa shape index (κ2) is 6.73. The summed E-state index contributed by atoms with van der Waals surface area (Å²) in [5.41, 5.74) is 1.01. The highest BCUT2D eigenvalue weighted by atomic mass is 19.4. The number of ether oxygens (including phenoxy) is 1. The van der Waals surface area contributed by atoms with Gasteiger partial charge in [0.15, 0.2) is 0 Å². The molecule has 0 saturated carbocycles. The molecule has 1 aliphatic heterocycles. The zero-order valence-electron chi connectivity index (χ0n) is 15.4. The number of fused-ring (bicyclic) bond motifs is 3. The second-order valence-electron chi connectivity index (χ2n) is 6.98. The fraction of sp³-hybridized carbons (Fsp3) is 0.0870. The molecule has 0 amide bonds. The van der Waals surface area contributed by atoms with Crippen LogP contribution in [0, 0.1) is 5.82 Å². The third-order valence-electron chi connectivity index (χ3n) is 5.04. The first-order valence-electron chi connectivity index (χ1n) is 9.21. The molecular formula is C23H14F4N2O. The molecule has 7 heteroatoms. The Morgan fingerprint density at radius 1 is 0.867 bits per heavy atom. The van der Waals surface area contributed by atoms with Crippen molar-refractivity contribution in [3.63, 3.8) is 0 Å². The van der Waals surface area contributed by atoms with Gasteiger partial charge < -0.3 is 10.1 Å². The van der Waals surface area contributed by atoms with Gasteiger partial charge in [0.1, 0.15) is 28.5 Å². The van der Waals surface area contributed by atoms with Crippen molar-refractivity contribution in [2.45, 2.75) is 12.6 Å². The van der Waals surface area contributed by atoms with Crippen molar-refractivity contribution in [2.24, 2.45) is 0 Å². The highest BCUT2D eigenvalue weighted by Crippen LogP contribution is 2.42. The Bertz CT molecular complexity index is 1280. The number of pyridine rings is 1. The zero-order chi connectivity index (χ0) is 20.9. The van der Waals surface area contributed by atoms with Crippen LogP contribution in [0.4, 0.5) is 28.9 Å². The first-order chi connectivity index (χ1) is 14.4. The van der Waals surface area contributed by atoms with Gasteiger partial charge in [-0.15, -0.1) is 0 Å². The van der Waals surface area contributed by atoms with Crippen molar-refractivity contribution in [3.05, 3.63) is 89.4 Å². The third-order valence-corrected chi connectivity index (χ3v) is 5.04. The van der Waals surface area contributed by atoms with Gasteiger partial charge >= 0.3 is 6.18 Å². The first-order valence-corrected chi connectivity index (χ1v) is 9.21. The van der Waals surface area contributed by atoms with Crippen LogP contribution >= 0.6 is 0 Å². The second-order valence-corrected chi connectivity index (χ2v) is 6.98. The number of halogens is 4. The molecule has 0 aliphatic carbocycles. The van der Waals surface area contributed by atoms with E-state index in [2.05, 4.69) is 10.3 Å². The summed E-state index contributed by atoms with van der Waals surface area (Å²) in [5, 5.41) is 3.32. The van der Waals surface area contributed by atoms with Crippen molar-refractivity contribution >= 4 is 22.3 Å². The molecule has 4 aromatic rings. The van der Waals surface area contributed by atoms with Crippen LogP contribution in [-0.2, 0) is 12.6 Å². The van der Waals surface area contributed by atoms with Gasteiger partial charge in [-0.1, -0.05) is 36.4 Å². The van der Waals surface area contributed by atoms with E-state index in [0.717, 1.165) is 29.0 Å². The van der Waals surface area contributed by atoms with E-state index in [4.69, 9.17) is 4.74 Å². The molecule has 1 aromatic heterocycles. The van der Waals surface area contributed by atoms with E-state index in [0.29, 0.717) is 17.9 Å². The predicted octanol–water partition coefficient (Wildman–Crippen LogP) is 6.83. The summed E-state index contributed by atoms with van der Waals surface area (Å²) in [6.07, 6.45) is -4.15. The Kier molecular flexibility index (Phi) is 4.13. The van der Waals surface area contributed by atoms with Crippen LogP contribution in [-0.4, -0.2) is 4.98 Å². The molecule has 0 saturated heterocycles. The number of nitrogens with zero attached hydrogens (tertiary/aromatic N) is 1. The Morgan fingerprint density at radius 2 is 1.63 bits per heavy atom. The van der Waals surface area contributed by atoms with Gasteiger partial charge in [-0.2, -0.15) is 13.2 Å². The number of anilines is 2. The summed E-state index contributed by atoms with van der Waals surface area (Å²) < 4.78 is 60.3. The average molecular weight is 410 g/mol. The molecular weight excluding hydrogens is 396 g/mol. The number of para-hydroxylation sites is 2. The van der Waals surface area contributed by atoms with Gasteiger partial charge in [0.25, 0.3) is 0 Å². The van der Waals surface area contributed by atoms with E-state index < -0.39 is 17.7 Å². The lowest BCUT2D eigenvalue weighted by Crippen LogP contribution is -2.10. The summed E-state index contributed by atoms with van der Waals surface area (Å²) in [4.78, 5) is 3.50. The molecule has 0 atom stereocenters. The van der Waals surface area contributed by atoms with E-state index in [-0.39, 0.29) is 16.6 Å². The molecule has 150 valence electrons. The smallest absolute Gasteiger partial charge is 0.433 e. The minimum absolute atomic E-state index is 0.124. The Morgan fingerprint density at radius 3 is 2.47 bits per heavy atom. The van der Waals surface area contributed by atoms with Gasteiger partial charge in [-0.25, -0.2) is 9.37 Å². The van der Waals surface area contributed by atoms with Crippen LogP contribution in [0.3, 0.4) is 0 Å². The summed E-state index contributed by atoms with van der Waals surface area (Å²) in [7, 11) is 0. The molecule has 0 fully saturated rings. The van der Waals surface area contributed by atoms with Crippen molar-refractivity contribution in [1.29, 1.82) is 0 Å². The standard InChI is InChI=1S/C23H14F4N2O/c24-16-7-3-6-14-18(12-21(23(25,26)27)29-22(14)16)28-17-8-4-10-20-15(17)11-13-5-1-2-9-19(13)30-20/h1-10,12H,11H2,(H,28,29). The van der Waals surface area contributed by atoms with Gasteiger partial charge in [0.05, 0.1) is 5.69 Å². The quantitative estimate of drug-likeness (QED) is 0.324. The normalized spacial score (nSPS) is 12.8. The molecule has 1 N–H and O–H groups in total. The van der Waals surface area contributed by atoms with Crippen molar-refractivity contribution < 1.29 is 22.3 Å². The largest absolute Gasteiger partial charge is 0.457 e. The SMILES string of the molecule is Fc1cccc2c(Nc3cccc4c3Cc3ccccc3O4)cc(C(F)(F)F)nc12. The van der Waals surface area contributed by atoms with Crippen LogP contribution in [0.5, 0.6) is 11.5 Å². The molecule has 0 radical (unpaired) electrons. The van der Waals surface area contributed by atoms with Crippen LogP contribution in [0.2, 0.25) is 0 Å². The maximum absolute atomic E-state index is 14.2. The molecule has 0 bridgehead atoms. The monoisotopic (exact) mass is 410 g/mol. The molecule has 3 nitrogen and oxygen atoms in total. The van der Waals surface area contributed by atoms with E-state index in [1.54, 1.807) is 12.1 Å². The zero-order valence-corrected chi connectivity index (χ0v) is 15.4. The average Bonchev–Trinajstić information content (AvgIpc) is 2.72. The Hall–Kier alpha value is -3.61. The number of nitrogens with one attached hydrogen (secondary N) is 1. The van der Waals surface area contributed by atoms with Crippen molar-refractivity contribution in [3.8, 4) is 11.5 Å². The topological polar surface area (TPSA) is 34.1 Å². The Labute approximate surface area is 168 Å². The number of aromatic nitrogens is 1. The Balaban J connectivity index is 1.63. The molecule has 30 heavy (non-hydrogen) atoms. The van der Waals surface area contributed by atoms with Crippen LogP contribution < -0.4 is 10.1 Å². The number of rotatable bonds is 2. The molecule has 3 aromatic carbocycles. The molecule has 0 unspecified atom stereocenters. The predicted molar refractivity (Wildman–Crippen MR) is 106 cm³/mol. The number of alkyl halides is 3. The van der Waals surface area contributed by atoms with Crippen LogP contribution in [0.1, 0.15) is 16.8 Å². The summed E-state index contributed by atoms with van der Waals surface area (Å²) in [6, 6.07) is 17.9. The minimum Gasteiger partial charge on any atom is -0.457 e. The molecule has 1 aliphatic rings. The number of hydrogen-bond acceptors (Lipinski definition) is 3. The van der Waals surface area contributed by atoms with Gasteiger partial charge in [0.2, 0.25) is 0 Å². The first kappa shape index (κ1) is 18.4. The lowest BCUT2D eigenvalue weighted by atomic mass is 9.98. The molecule has 0 spiro atoms. The summed E-state index contributed by atoms with van der Waals surface area (Å²) in [6.45, 7) is 0. The van der Waals surface area contributed by atoms with Gasteiger partial charge in [-0.3, -0.25) is 0 Å². The van der Waals surface area contributed by atoms with Crippen LogP contribution in [0.15, 0.2) is 66.7 Å². The highest BCUT2D eigenvalue weighted by molar-refractivity contribution is 5.94. The minimum atomic E-state index is -4.70. The van der Waals surface area contributed by atoms with Gasteiger partial charge in [-0.05, 0) is 35.9 Å². The third kappa shape index (κ3) is 3.12. The van der Waals surface area contributed by atoms with E-state index in [9.17, 15) is 17.6 Å². The maximum atomic E-state index is 14.2. The molecule has 5 rings (SSSR count). The highest BCUT2D eigenvalue weighted by Gasteiger charge is 2.34. The van der Waals surface area contributed by atoms with E-state index in [1.807, 2.05) is 30.3 Å². The lowest BCUT2D eigenvalue weighted by molar-refractivity contribution is -0.140. The fourth-order valence-corrected chi connectivity index (χ4v) is 3.63. The van der Waals surface area contributed by atoms with Crippen molar-refractivity contribution in [2.75, 3.05) is 5.32 Å². The van der Waals surface area contributed by atoms with E-state index >= 15 is 0 Å². The maximum Gasteiger partial charge on any atom is 0.433 e. The van der Waals surface area contributed by atoms with Crippen LogP contribution in [0.25, 0.3) is 10.9 Å². The lowest BCUT2D eigenvalue weighted by Gasteiger charge is -2.23. The fourth-order valence-electron chi connectivity index (χ4n) is 3.63. The van der Waals surface area contributed by atoms with Crippen molar-refractivity contribution in [1.82, 2.24) is 4.98 Å². The molecule has 2 heterocycles. The number of hydrogen-bond donors (Lipinski definition) is 1. The van der Waals surface area contributed by atoms with Gasteiger partial charge in [0, 0.05) is 23.1 Å². The number of benzene rings is 3. The summed E-state index contributed by atoms with van der Waals surface area (Å²) in [5.74, 6) is 0.561.